The summed E-state index contributed by atoms with van der Waals surface area (Å²) >= 11 is 11.9. The van der Waals surface area contributed by atoms with E-state index in [0.29, 0.717) is 12.4 Å². The third-order valence-electron chi connectivity index (χ3n) is 2.76. The van der Waals surface area contributed by atoms with Crippen molar-refractivity contribution in [2.75, 3.05) is 24.9 Å². The molecule has 0 unspecified atom stereocenters. The Morgan fingerprint density at radius 3 is 2.25 bits per heavy atom. The van der Waals surface area contributed by atoms with Crippen molar-refractivity contribution in [2.45, 2.75) is 20.8 Å². The molecule has 0 atom stereocenters. The predicted molar refractivity (Wildman–Crippen MR) is 71.4 cm³/mol. The van der Waals surface area contributed by atoms with Crippen LogP contribution in [0, 0.1) is 20.8 Å². The van der Waals surface area contributed by atoms with Gasteiger partial charge in [-0.05, 0) is 37.5 Å². The van der Waals surface area contributed by atoms with E-state index >= 15 is 0 Å². The van der Waals surface area contributed by atoms with Gasteiger partial charge in [0.25, 0.3) is 0 Å². The van der Waals surface area contributed by atoms with Gasteiger partial charge in [0.2, 0.25) is 0 Å². The molecule has 1 N–H and O–H groups in total. The fraction of sp³-hybridized carbons (Fsp3) is 0.500. The lowest BCUT2D eigenvalue weighted by atomic mass is 10.0. The third-order valence-corrected chi connectivity index (χ3v) is 3.52. The molecule has 0 radical (unpaired) electrons. The number of anilines is 1. The molecule has 1 aromatic carbocycles. The van der Waals surface area contributed by atoms with E-state index in [0.717, 1.165) is 33.1 Å². The highest BCUT2D eigenvalue weighted by Crippen LogP contribution is 2.39. The Labute approximate surface area is 107 Å². The van der Waals surface area contributed by atoms with Crippen molar-refractivity contribution in [2.24, 2.45) is 0 Å². The standard InChI is InChI=1S/C12H17Cl2NO/c1-7-8(2)12(16-4)11(15-6-5-13)9(3)10(7)14/h15H,5-6H2,1-4H3. The summed E-state index contributed by atoms with van der Waals surface area (Å²) < 4.78 is 5.43. The minimum atomic E-state index is 0.549. The van der Waals surface area contributed by atoms with Crippen LogP contribution >= 0.6 is 23.2 Å². The molecule has 16 heavy (non-hydrogen) atoms. The second-order valence-electron chi connectivity index (χ2n) is 3.71. The highest BCUT2D eigenvalue weighted by molar-refractivity contribution is 6.32. The summed E-state index contributed by atoms with van der Waals surface area (Å²) in [5, 5.41) is 4.04. The Hall–Kier alpha value is -0.600. The average molecular weight is 262 g/mol. The summed E-state index contributed by atoms with van der Waals surface area (Å²) in [6, 6.07) is 0. The molecule has 2 nitrogen and oxygen atoms in total. The van der Waals surface area contributed by atoms with Crippen LogP contribution in [0.5, 0.6) is 5.75 Å². The first-order chi connectivity index (χ1) is 7.54. The van der Waals surface area contributed by atoms with Gasteiger partial charge in [0, 0.05) is 17.4 Å². The molecular formula is C12H17Cl2NO. The van der Waals surface area contributed by atoms with Crippen molar-refractivity contribution >= 4 is 28.9 Å². The fourth-order valence-corrected chi connectivity index (χ4v) is 2.05. The van der Waals surface area contributed by atoms with Gasteiger partial charge in [-0.25, -0.2) is 0 Å². The number of benzene rings is 1. The van der Waals surface area contributed by atoms with E-state index in [1.54, 1.807) is 7.11 Å². The van der Waals surface area contributed by atoms with Crippen LogP contribution < -0.4 is 10.1 Å². The summed E-state index contributed by atoms with van der Waals surface area (Å²) in [6.45, 7) is 6.68. The minimum absolute atomic E-state index is 0.549. The molecule has 90 valence electrons. The molecule has 0 amide bonds. The van der Waals surface area contributed by atoms with Crippen LogP contribution in [0.25, 0.3) is 0 Å². The van der Waals surface area contributed by atoms with E-state index in [1.807, 2.05) is 20.8 Å². The summed E-state index contributed by atoms with van der Waals surface area (Å²) in [5.74, 6) is 1.40. The Kier molecular flexibility index (Phi) is 4.75. The largest absolute Gasteiger partial charge is 0.494 e. The topological polar surface area (TPSA) is 21.3 Å². The van der Waals surface area contributed by atoms with Crippen LogP contribution in [0.15, 0.2) is 0 Å². The van der Waals surface area contributed by atoms with Crippen molar-refractivity contribution < 1.29 is 4.74 Å². The zero-order valence-electron chi connectivity index (χ0n) is 10.1. The molecule has 0 bridgehead atoms. The maximum absolute atomic E-state index is 6.27. The SMILES string of the molecule is COc1c(C)c(C)c(Cl)c(C)c1NCCCl. The summed E-state index contributed by atoms with van der Waals surface area (Å²) in [5.41, 5.74) is 4.07. The van der Waals surface area contributed by atoms with Gasteiger partial charge in [-0.15, -0.1) is 11.6 Å². The van der Waals surface area contributed by atoms with Gasteiger partial charge in [-0.2, -0.15) is 0 Å². The predicted octanol–water partition coefficient (Wildman–Crippen LogP) is 3.92. The molecular weight excluding hydrogens is 245 g/mol. The van der Waals surface area contributed by atoms with Crippen molar-refractivity contribution in [3.8, 4) is 5.75 Å². The molecule has 0 aliphatic heterocycles. The maximum atomic E-state index is 6.27. The highest BCUT2D eigenvalue weighted by atomic mass is 35.5. The van der Waals surface area contributed by atoms with Gasteiger partial charge in [0.15, 0.2) is 0 Å². The third kappa shape index (κ3) is 2.38. The fourth-order valence-electron chi connectivity index (χ4n) is 1.72. The number of halogens is 2. The van der Waals surface area contributed by atoms with E-state index in [1.165, 1.54) is 0 Å². The lowest BCUT2D eigenvalue weighted by Gasteiger charge is -2.19. The number of ether oxygens (including phenoxy) is 1. The van der Waals surface area contributed by atoms with E-state index in [-0.39, 0.29) is 0 Å². The zero-order valence-corrected chi connectivity index (χ0v) is 11.6. The second-order valence-corrected chi connectivity index (χ2v) is 4.47. The smallest absolute Gasteiger partial charge is 0.145 e. The van der Waals surface area contributed by atoms with Crippen molar-refractivity contribution in [3.05, 3.63) is 21.7 Å². The Bertz CT molecular complexity index is 391. The Morgan fingerprint density at radius 2 is 1.75 bits per heavy atom. The van der Waals surface area contributed by atoms with Gasteiger partial charge in [-0.1, -0.05) is 11.6 Å². The molecule has 0 aromatic heterocycles. The Balaban J connectivity index is 3.33. The van der Waals surface area contributed by atoms with Crippen LogP contribution in [-0.4, -0.2) is 19.5 Å². The first-order valence-corrected chi connectivity index (χ1v) is 6.08. The van der Waals surface area contributed by atoms with Gasteiger partial charge in [0.05, 0.1) is 12.8 Å². The summed E-state index contributed by atoms with van der Waals surface area (Å²) in [4.78, 5) is 0. The van der Waals surface area contributed by atoms with E-state index in [2.05, 4.69) is 5.32 Å². The normalized spacial score (nSPS) is 10.4. The molecule has 0 saturated carbocycles. The molecule has 0 spiro atoms. The molecule has 4 heteroatoms. The monoisotopic (exact) mass is 261 g/mol. The first kappa shape index (κ1) is 13.5. The number of rotatable bonds is 4. The number of hydrogen-bond acceptors (Lipinski definition) is 2. The van der Waals surface area contributed by atoms with Crippen molar-refractivity contribution in [1.82, 2.24) is 0 Å². The summed E-state index contributed by atoms with van der Waals surface area (Å²) in [7, 11) is 1.67. The molecule has 0 heterocycles. The molecule has 1 rings (SSSR count). The summed E-state index contributed by atoms with van der Waals surface area (Å²) in [6.07, 6.45) is 0. The second kappa shape index (κ2) is 5.65. The molecule has 0 fully saturated rings. The quantitative estimate of drug-likeness (QED) is 0.830. The van der Waals surface area contributed by atoms with Crippen LogP contribution in [0.3, 0.4) is 0 Å². The van der Waals surface area contributed by atoms with Gasteiger partial charge in [-0.3, -0.25) is 0 Å². The minimum Gasteiger partial charge on any atom is -0.494 e. The van der Waals surface area contributed by atoms with E-state index in [9.17, 15) is 0 Å². The molecule has 1 aromatic rings. The van der Waals surface area contributed by atoms with Crippen LogP contribution in [0.4, 0.5) is 5.69 Å². The van der Waals surface area contributed by atoms with Gasteiger partial charge in [0.1, 0.15) is 5.75 Å². The number of alkyl halides is 1. The zero-order chi connectivity index (χ0) is 12.3. The number of nitrogens with one attached hydrogen (secondary N) is 1. The molecule has 0 saturated heterocycles. The number of methoxy groups -OCH3 is 1. The van der Waals surface area contributed by atoms with Crippen LogP contribution in [0.1, 0.15) is 16.7 Å². The van der Waals surface area contributed by atoms with Crippen molar-refractivity contribution in [3.63, 3.8) is 0 Å². The maximum Gasteiger partial charge on any atom is 0.145 e. The van der Waals surface area contributed by atoms with Gasteiger partial charge < -0.3 is 10.1 Å². The average Bonchev–Trinajstić information content (AvgIpc) is 2.29. The number of hydrogen-bond donors (Lipinski definition) is 1. The lowest BCUT2D eigenvalue weighted by Crippen LogP contribution is -2.08. The van der Waals surface area contributed by atoms with E-state index < -0.39 is 0 Å². The van der Waals surface area contributed by atoms with Crippen LogP contribution in [0.2, 0.25) is 5.02 Å². The Morgan fingerprint density at radius 1 is 1.12 bits per heavy atom. The molecule has 0 aliphatic rings. The lowest BCUT2D eigenvalue weighted by molar-refractivity contribution is 0.413. The first-order valence-electron chi connectivity index (χ1n) is 5.17. The van der Waals surface area contributed by atoms with Crippen molar-refractivity contribution in [1.29, 1.82) is 0 Å². The molecule has 0 aliphatic carbocycles. The highest BCUT2D eigenvalue weighted by Gasteiger charge is 2.16. The van der Waals surface area contributed by atoms with Gasteiger partial charge >= 0.3 is 0 Å². The van der Waals surface area contributed by atoms with E-state index in [4.69, 9.17) is 27.9 Å². The van der Waals surface area contributed by atoms with Crippen LogP contribution in [-0.2, 0) is 0 Å².